The van der Waals surface area contributed by atoms with Gasteiger partial charge in [-0.05, 0) is 100 Å². The lowest BCUT2D eigenvalue weighted by Gasteiger charge is -2.56. The van der Waals surface area contributed by atoms with E-state index in [0.717, 1.165) is 49.0 Å². The number of hydrogen-bond donors (Lipinski definition) is 1. The van der Waals surface area contributed by atoms with E-state index in [9.17, 15) is 13.2 Å². The van der Waals surface area contributed by atoms with Crippen molar-refractivity contribution in [1.29, 1.82) is 0 Å². The van der Waals surface area contributed by atoms with Gasteiger partial charge in [0.1, 0.15) is 6.61 Å². The average molecular weight is 618 g/mol. The van der Waals surface area contributed by atoms with Crippen molar-refractivity contribution in [3.8, 4) is 17.1 Å². The van der Waals surface area contributed by atoms with E-state index in [1.54, 1.807) is 18.2 Å². The van der Waals surface area contributed by atoms with Crippen molar-refractivity contribution in [2.75, 3.05) is 31.5 Å². The Kier molecular flexibility index (Phi) is 8.17. The number of ether oxygens (including phenoxy) is 1. The number of benzene rings is 2. The van der Waals surface area contributed by atoms with E-state index in [2.05, 4.69) is 40.5 Å². The first-order valence-electron chi connectivity index (χ1n) is 15.7. The number of sulfonamides is 1. The molecular formula is C34H43N5O4S. The van der Waals surface area contributed by atoms with Crippen molar-refractivity contribution in [3.05, 3.63) is 65.2 Å². The highest BCUT2D eigenvalue weighted by Gasteiger charge is 2.50. The van der Waals surface area contributed by atoms with Crippen molar-refractivity contribution in [2.24, 2.45) is 11.3 Å². The number of fused-ring (bicyclic) bond motifs is 4. The van der Waals surface area contributed by atoms with Crippen LogP contribution in [0.1, 0.15) is 67.4 Å². The number of nitrogens with one attached hydrogen (secondary N) is 1. The number of nitrogens with zero attached hydrogens (tertiary/aromatic N) is 4. The molecule has 3 heterocycles. The quantitative estimate of drug-likeness (QED) is 0.401. The van der Waals surface area contributed by atoms with E-state index < -0.39 is 10.0 Å². The number of piperidine rings is 1. The second kappa shape index (κ2) is 11.8. The normalized spacial score (nSPS) is 25.3. The Morgan fingerprint density at radius 3 is 2.50 bits per heavy atom. The highest BCUT2D eigenvalue weighted by molar-refractivity contribution is 7.92. The first kappa shape index (κ1) is 30.5. The predicted octanol–water partition coefficient (Wildman–Crippen LogP) is 5.68. The van der Waals surface area contributed by atoms with E-state index in [4.69, 9.17) is 4.74 Å². The molecule has 1 N–H and O–H groups in total. The fraction of sp³-hybridized carbons (Fsp3) is 0.500. The van der Waals surface area contributed by atoms with Gasteiger partial charge in [0.25, 0.3) is 15.9 Å². The van der Waals surface area contributed by atoms with E-state index in [1.165, 1.54) is 25.0 Å². The predicted molar refractivity (Wildman–Crippen MR) is 171 cm³/mol. The highest BCUT2D eigenvalue weighted by Crippen LogP contribution is 2.50. The van der Waals surface area contributed by atoms with Gasteiger partial charge < -0.3 is 14.5 Å². The van der Waals surface area contributed by atoms with Gasteiger partial charge in [-0.3, -0.25) is 4.79 Å². The van der Waals surface area contributed by atoms with Gasteiger partial charge in [0.15, 0.2) is 0 Å². The molecule has 3 aliphatic rings. The molecule has 3 aromatic rings. The first-order valence-corrected chi connectivity index (χ1v) is 17.1. The van der Waals surface area contributed by atoms with Crippen LogP contribution in [0.5, 0.6) is 5.88 Å². The van der Waals surface area contributed by atoms with E-state index in [-0.39, 0.29) is 46.7 Å². The number of hydrogen-bond acceptors (Lipinski definition) is 7. The molecule has 6 rings (SSSR count). The van der Waals surface area contributed by atoms with Crippen molar-refractivity contribution < 1.29 is 17.9 Å². The molecule has 10 heteroatoms. The summed E-state index contributed by atoms with van der Waals surface area (Å²) in [4.78, 5) is 27.9. The van der Waals surface area contributed by atoms with Gasteiger partial charge in [-0.1, -0.05) is 38.1 Å². The molecule has 1 aliphatic carbocycles. The Balaban J connectivity index is 1.44. The minimum Gasteiger partial charge on any atom is -0.475 e. The second-order valence-corrected chi connectivity index (χ2v) is 15.2. The number of amides is 1. The van der Waals surface area contributed by atoms with Crippen LogP contribution in [-0.2, 0) is 10.0 Å². The Morgan fingerprint density at radius 2 is 1.80 bits per heavy atom. The van der Waals surface area contributed by atoms with Gasteiger partial charge in [0, 0.05) is 29.8 Å². The highest BCUT2D eigenvalue weighted by atomic mass is 32.2. The second-order valence-electron chi connectivity index (χ2n) is 13.5. The molecule has 2 fully saturated rings. The molecule has 0 unspecified atom stereocenters. The summed E-state index contributed by atoms with van der Waals surface area (Å²) >= 11 is 0. The van der Waals surface area contributed by atoms with Crippen LogP contribution in [-0.4, -0.2) is 72.9 Å². The Hall–Kier alpha value is -3.50. The fourth-order valence-electron chi connectivity index (χ4n) is 7.56. The standard InChI is InChI=1S/C34H43N5O4S/c1-22(2)15-26-20-43-30-17-29(31-23(3)9-6-10-24(31)4)35-33(36-30)37-44(41,42)28-12-7-11-25(16-28)32(40)39(26)27-18-34(19-27)13-8-14-38(5)21-34/h6-7,9-12,16-17,22,26-27H,8,13-15,18-21H2,1-5H3,(H,35,36,37)/t26-,27?,34?/m1/s1. The van der Waals surface area contributed by atoms with E-state index >= 15 is 0 Å². The molecule has 1 saturated heterocycles. The minimum absolute atomic E-state index is 0.00881. The molecule has 2 aliphatic heterocycles. The van der Waals surface area contributed by atoms with Crippen LogP contribution in [0.25, 0.3) is 11.3 Å². The largest absolute Gasteiger partial charge is 0.475 e. The number of carbonyl (C=O) groups is 1. The van der Waals surface area contributed by atoms with E-state index in [0.29, 0.717) is 17.2 Å². The smallest absolute Gasteiger partial charge is 0.264 e. The van der Waals surface area contributed by atoms with Crippen LogP contribution in [0.2, 0.25) is 0 Å². The summed E-state index contributed by atoms with van der Waals surface area (Å²) in [5.41, 5.74) is 4.07. The van der Waals surface area contributed by atoms with Crippen LogP contribution >= 0.6 is 0 Å². The fourth-order valence-corrected chi connectivity index (χ4v) is 8.55. The van der Waals surface area contributed by atoms with Crippen LogP contribution in [0.4, 0.5) is 5.95 Å². The molecule has 1 spiro atoms. The van der Waals surface area contributed by atoms with Crippen molar-refractivity contribution in [2.45, 2.75) is 76.8 Å². The van der Waals surface area contributed by atoms with Gasteiger partial charge in [0.2, 0.25) is 11.8 Å². The first-order chi connectivity index (χ1) is 20.9. The minimum atomic E-state index is -4.10. The summed E-state index contributed by atoms with van der Waals surface area (Å²) < 4.78 is 36.2. The summed E-state index contributed by atoms with van der Waals surface area (Å²) in [5.74, 6) is 0.342. The van der Waals surface area contributed by atoms with E-state index in [1.807, 2.05) is 36.9 Å². The molecule has 2 aromatic carbocycles. The molecule has 1 saturated carbocycles. The molecule has 1 aromatic heterocycles. The summed E-state index contributed by atoms with van der Waals surface area (Å²) in [6.45, 7) is 10.7. The van der Waals surface area contributed by atoms with Gasteiger partial charge >= 0.3 is 0 Å². The summed E-state index contributed by atoms with van der Waals surface area (Å²) in [5, 5.41) is 0. The van der Waals surface area contributed by atoms with Crippen LogP contribution in [0.15, 0.2) is 53.4 Å². The topological polar surface area (TPSA) is 105 Å². The van der Waals surface area contributed by atoms with Crippen LogP contribution < -0.4 is 9.46 Å². The van der Waals surface area contributed by atoms with Crippen molar-refractivity contribution in [1.82, 2.24) is 19.8 Å². The van der Waals surface area contributed by atoms with Gasteiger partial charge in [-0.15, -0.1) is 0 Å². The molecule has 44 heavy (non-hydrogen) atoms. The lowest BCUT2D eigenvalue weighted by molar-refractivity contribution is -0.0540. The van der Waals surface area contributed by atoms with Crippen LogP contribution in [0, 0.1) is 25.2 Å². The summed E-state index contributed by atoms with van der Waals surface area (Å²) in [6, 6.07) is 13.9. The third-order valence-corrected chi connectivity index (χ3v) is 10.8. The summed E-state index contributed by atoms with van der Waals surface area (Å²) in [7, 11) is -1.92. The molecular weight excluding hydrogens is 574 g/mol. The maximum absolute atomic E-state index is 14.4. The molecule has 0 radical (unpaired) electrons. The van der Waals surface area contributed by atoms with Gasteiger partial charge in [-0.25, -0.2) is 18.1 Å². The number of carbonyl (C=O) groups excluding carboxylic acids is 1. The lowest BCUT2D eigenvalue weighted by atomic mass is 9.60. The number of rotatable bonds is 4. The zero-order chi connectivity index (χ0) is 31.2. The molecule has 1 amide bonds. The maximum atomic E-state index is 14.4. The molecule has 1 atom stereocenters. The Bertz CT molecular complexity index is 1650. The number of likely N-dealkylation sites (tertiary alicyclic amines) is 1. The monoisotopic (exact) mass is 617 g/mol. The maximum Gasteiger partial charge on any atom is 0.264 e. The molecule has 9 nitrogen and oxygen atoms in total. The van der Waals surface area contributed by atoms with Crippen molar-refractivity contribution >= 4 is 21.9 Å². The average Bonchev–Trinajstić information content (AvgIpc) is 2.94. The zero-order valence-corrected chi connectivity index (χ0v) is 27.2. The zero-order valence-electron chi connectivity index (χ0n) is 26.3. The van der Waals surface area contributed by atoms with Crippen LogP contribution in [0.3, 0.4) is 0 Å². The van der Waals surface area contributed by atoms with Crippen molar-refractivity contribution in [3.63, 3.8) is 0 Å². The Morgan fingerprint density at radius 1 is 1.07 bits per heavy atom. The van der Waals surface area contributed by atoms with Gasteiger partial charge in [-0.2, -0.15) is 4.98 Å². The molecule has 4 bridgehead atoms. The number of aromatic nitrogens is 2. The lowest BCUT2D eigenvalue weighted by Crippen LogP contribution is -2.61. The Labute approximate surface area is 261 Å². The number of anilines is 1. The summed E-state index contributed by atoms with van der Waals surface area (Å²) in [6.07, 6.45) is 4.96. The van der Waals surface area contributed by atoms with Gasteiger partial charge in [0.05, 0.1) is 16.6 Å². The third kappa shape index (κ3) is 6.06. The number of aryl methyl sites for hydroxylation is 2. The SMILES string of the molecule is Cc1cccc(C)c1-c1cc2nc(n1)NS(=O)(=O)c1cccc(c1)C(=O)N(C1CC3(CCCN(C)C3)C1)[C@H](CC(C)C)CO2. The molecule has 234 valence electrons. The third-order valence-electron chi connectivity index (χ3n) is 9.43.